The van der Waals surface area contributed by atoms with Gasteiger partial charge in [-0.3, -0.25) is 14.4 Å². The van der Waals surface area contributed by atoms with E-state index in [0.29, 0.717) is 0 Å². The highest BCUT2D eigenvalue weighted by Crippen LogP contribution is 2.43. The molecule has 0 aromatic carbocycles. The Morgan fingerprint density at radius 1 is 1.05 bits per heavy atom. The van der Waals surface area contributed by atoms with Gasteiger partial charge in [-0.25, -0.2) is 0 Å². The molecule has 22 heavy (non-hydrogen) atoms. The number of carbonyl (C=O) groups is 3. The van der Waals surface area contributed by atoms with E-state index in [9.17, 15) is 32.7 Å². The summed E-state index contributed by atoms with van der Waals surface area (Å²) >= 11 is 0. The molecule has 2 unspecified atom stereocenters. The second-order valence-electron chi connectivity index (χ2n) is 7.03. The van der Waals surface area contributed by atoms with E-state index in [0.717, 1.165) is 6.92 Å². The monoisotopic (exact) mass is 322 g/mol. The normalized spacial score (nSPS) is 25.2. The topological polar surface area (TPSA) is 71.4 Å². The van der Waals surface area contributed by atoms with Crippen molar-refractivity contribution in [2.75, 3.05) is 0 Å². The molecule has 0 spiro atoms. The van der Waals surface area contributed by atoms with Gasteiger partial charge in [-0.05, 0) is 34.1 Å². The van der Waals surface area contributed by atoms with E-state index in [4.69, 9.17) is 0 Å². The van der Waals surface area contributed by atoms with Crippen molar-refractivity contribution >= 4 is 17.3 Å². The fourth-order valence-corrected chi connectivity index (χ4v) is 2.88. The number of aliphatic hydroxyl groups excluding tert-OH is 1. The predicted molar refractivity (Wildman–Crippen MR) is 71.9 cm³/mol. The maximum Gasteiger partial charge on any atom is 0.391 e. The molecule has 4 nitrogen and oxygen atoms in total. The molecule has 7 heteroatoms. The summed E-state index contributed by atoms with van der Waals surface area (Å²) in [5.41, 5.74) is -3.02. The fourth-order valence-electron chi connectivity index (χ4n) is 2.88. The van der Waals surface area contributed by atoms with Gasteiger partial charge in [0.2, 0.25) is 0 Å². The number of aliphatic hydroxyl groups is 1. The van der Waals surface area contributed by atoms with Gasteiger partial charge in [0, 0.05) is 0 Å². The van der Waals surface area contributed by atoms with Gasteiger partial charge in [-0.15, -0.1) is 0 Å². The van der Waals surface area contributed by atoms with Crippen LogP contribution in [0.25, 0.3) is 0 Å². The van der Waals surface area contributed by atoms with Crippen LogP contribution in [0.1, 0.15) is 41.0 Å². The van der Waals surface area contributed by atoms with E-state index in [1.54, 1.807) is 0 Å². The van der Waals surface area contributed by atoms with Crippen LogP contribution in [0.15, 0.2) is 0 Å². The summed E-state index contributed by atoms with van der Waals surface area (Å²) in [4.78, 5) is 36.9. The zero-order valence-corrected chi connectivity index (χ0v) is 13.2. The van der Waals surface area contributed by atoms with Crippen LogP contribution >= 0.6 is 0 Å². The van der Waals surface area contributed by atoms with Gasteiger partial charge in [-0.1, -0.05) is 6.92 Å². The number of alkyl halides is 3. The summed E-state index contributed by atoms with van der Waals surface area (Å²) in [6.07, 6.45) is -7.04. The van der Waals surface area contributed by atoms with Crippen molar-refractivity contribution in [1.29, 1.82) is 0 Å². The largest absolute Gasteiger partial charge is 0.392 e. The van der Waals surface area contributed by atoms with Gasteiger partial charge in [-0.2, -0.15) is 13.2 Å². The second kappa shape index (κ2) is 5.44. The summed E-state index contributed by atoms with van der Waals surface area (Å²) < 4.78 is 37.8. The first-order valence-corrected chi connectivity index (χ1v) is 7.03. The van der Waals surface area contributed by atoms with E-state index in [2.05, 4.69) is 0 Å². The lowest BCUT2D eigenvalue weighted by Gasteiger charge is -2.42. The average Bonchev–Trinajstić information content (AvgIpc) is 2.34. The Labute approximate surface area is 127 Å². The number of hydrogen-bond donors (Lipinski definition) is 1. The molecule has 1 rings (SSSR count). The van der Waals surface area contributed by atoms with E-state index >= 15 is 0 Å². The Kier molecular flexibility index (Phi) is 4.65. The number of hydrogen-bond acceptors (Lipinski definition) is 4. The van der Waals surface area contributed by atoms with Crippen LogP contribution < -0.4 is 0 Å². The van der Waals surface area contributed by atoms with Crippen molar-refractivity contribution in [3.63, 3.8) is 0 Å². The fraction of sp³-hybridized carbons (Fsp3) is 0.800. The molecular formula is C15H21F3O4. The zero-order chi connectivity index (χ0) is 17.7. The summed E-state index contributed by atoms with van der Waals surface area (Å²) in [5.74, 6) is -5.67. The zero-order valence-electron chi connectivity index (χ0n) is 13.2. The molecule has 2 atom stereocenters. The molecule has 0 saturated heterocycles. The van der Waals surface area contributed by atoms with Crippen molar-refractivity contribution in [1.82, 2.24) is 0 Å². The van der Waals surface area contributed by atoms with Gasteiger partial charge in [0.05, 0.1) is 22.9 Å². The molecule has 0 radical (unpaired) electrons. The third-order valence-electron chi connectivity index (χ3n) is 4.47. The smallest absolute Gasteiger partial charge is 0.391 e. The van der Waals surface area contributed by atoms with E-state index in [-0.39, 0.29) is 0 Å². The summed E-state index contributed by atoms with van der Waals surface area (Å²) in [7, 11) is 0. The number of ketones is 3. The predicted octanol–water partition coefficient (Wildman–Crippen LogP) is 2.33. The molecule has 1 saturated carbocycles. The lowest BCUT2D eigenvalue weighted by atomic mass is 9.57. The molecule has 1 N–H and O–H groups in total. The third kappa shape index (κ3) is 2.95. The number of carbonyl (C=O) groups excluding carboxylic acids is 3. The lowest BCUT2D eigenvalue weighted by molar-refractivity contribution is -0.182. The Balaban J connectivity index is 3.14. The van der Waals surface area contributed by atoms with Crippen LogP contribution in [-0.4, -0.2) is 34.7 Å². The van der Waals surface area contributed by atoms with Crippen molar-refractivity contribution < 1.29 is 32.7 Å². The highest BCUT2D eigenvalue weighted by Gasteiger charge is 2.59. The molecule has 0 aromatic rings. The molecule has 126 valence electrons. The minimum Gasteiger partial charge on any atom is -0.392 e. The van der Waals surface area contributed by atoms with Crippen LogP contribution in [0.4, 0.5) is 13.2 Å². The van der Waals surface area contributed by atoms with Crippen LogP contribution in [-0.2, 0) is 14.4 Å². The summed E-state index contributed by atoms with van der Waals surface area (Å²) in [6, 6.07) is 0. The Hall–Kier alpha value is -1.24. The summed E-state index contributed by atoms with van der Waals surface area (Å²) in [6.45, 7) is 6.21. The molecule has 1 aliphatic carbocycles. The quantitative estimate of drug-likeness (QED) is 0.810. The molecule has 1 fully saturated rings. The molecular weight excluding hydrogens is 301 g/mol. The number of halogens is 3. The van der Waals surface area contributed by atoms with Crippen molar-refractivity contribution in [3.8, 4) is 0 Å². The highest BCUT2D eigenvalue weighted by molar-refractivity contribution is 6.28. The standard InChI is InChI=1S/C15H21F3O4/c1-7(15(16,17)18)6-8(19)9-10(20)13(2,3)12(22)14(4,5)11(9)21/h7-9,19H,6H2,1-5H3. The highest BCUT2D eigenvalue weighted by atomic mass is 19.4. The number of rotatable bonds is 3. The van der Waals surface area contributed by atoms with Crippen LogP contribution in [0.3, 0.4) is 0 Å². The Morgan fingerprint density at radius 3 is 1.73 bits per heavy atom. The van der Waals surface area contributed by atoms with Crippen molar-refractivity contribution in [2.45, 2.75) is 53.3 Å². The SMILES string of the molecule is CC(CC(O)C1C(=O)C(C)(C)C(=O)C(C)(C)C1=O)C(F)(F)F. The molecule has 1 aliphatic rings. The Morgan fingerprint density at radius 2 is 1.41 bits per heavy atom. The maximum atomic E-state index is 12.6. The number of Topliss-reactive ketones (excluding diaryl/α,β-unsaturated/α-hetero) is 3. The Bertz CT molecular complexity index is 475. The first-order chi connectivity index (χ1) is 9.65. The second-order valence-corrected chi connectivity index (χ2v) is 7.03. The maximum absolute atomic E-state index is 12.6. The van der Waals surface area contributed by atoms with Crippen LogP contribution in [0.2, 0.25) is 0 Å². The van der Waals surface area contributed by atoms with Gasteiger partial charge >= 0.3 is 6.18 Å². The van der Waals surface area contributed by atoms with Gasteiger partial charge in [0.15, 0.2) is 17.3 Å². The molecule has 0 amide bonds. The molecule has 0 aromatic heterocycles. The molecule has 0 heterocycles. The lowest BCUT2D eigenvalue weighted by Crippen LogP contribution is -2.60. The molecule has 0 aliphatic heterocycles. The minimum atomic E-state index is -4.53. The molecule has 0 bridgehead atoms. The van der Waals surface area contributed by atoms with E-state index in [1.165, 1.54) is 27.7 Å². The van der Waals surface area contributed by atoms with Gasteiger partial charge in [0.1, 0.15) is 5.92 Å². The average molecular weight is 322 g/mol. The first kappa shape index (κ1) is 18.8. The van der Waals surface area contributed by atoms with Gasteiger partial charge in [0.25, 0.3) is 0 Å². The minimum absolute atomic E-state index is 0.581. The van der Waals surface area contributed by atoms with E-state index in [1.807, 2.05) is 0 Å². The third-order valence-corrected chi connectivity index (χ3v) is 4.47. The van der Waals surface area contributed by atoms with Gasteiger partial charge < -0.3 is 5.11 Å². The first-order valence-electron chi connectivity index (χ1n) is 7.03. The van der Waals surface area contributed by atoms with E-state index < -0.39 is 58.7 Å². The van der Waals surface area contributed by atoms with Crippen molar-refractivity contribution in [2.24, 2.45) is 22.7 Å². The summed E-state index contributed by atoms with van der Waals surface area (Å²) in [5, 5.41) is 10.0. The van der Waals surface area contributed by atoms with Crippen LogP contribution in [0.5, 0.6) is 0 Å². The van der Waals surface area contributed by atoms with Crippen molar-refractivity contribution in [3.05, 3.63) is 0 Å². The van der Waals surface area contributed by atoms with Crippen LogP contribution in [0, 0.1) is 22.7 Å².